The molecule has 2 atom stereocenters. The molecule has 4 nitrogen and oxygen atoms in total. The van der Waals surface area contributed by atoms with Crippen molar-refractivity contribution in [3.63, 3.8) is 0 Å². The van der Waals surface area contributed by atoms with E-state index in [0.717, 1.165) is 18.6 Å². The Labute approximate surface area is 108 Å². The molecule has 0 aliphatic carbocycles. The SMILES string of the molecule is CN(C(=O)CC(N)c1ccccc1)C1CCOC1. The highest BCUT2D eigenvalue weighted by Crippen LogP contribution is 2.17. The number of ether oxygens (including phenoxy) is 1. The Morgan fingerprint density at radius 3 is 2.83 bits per heavy atom. The van der Waals surface area contributed by atoms with Gasteiger partial charge >= 0.3 is 0 Å². The van der Waals surface area contributed by atoms with E-state index >= 15 is 0 Å². The van der Waals surface area contributed by atoms with E-state index < -0.39 is 0 Å². The third-order valence-electron chi connectivity index (χ3n) is 3.47. The molecule has 2 N–H and O–H groups in total. The van der Waals surface area contributed by atoms with Gasteiger partial charge in [0.1, 0.15) is 0 Å². The molecular weight excluding hydrogens is 228 g/mol. The maximum atomic E-state index is 12.1. The molecule has 4 heteroatoms. The van der Waals surface area contributed by atoms with E-state index in [9.17, 15) is 4.79 Å². The second kappa shape index (κ2) is 5.98. The second-order valence-corrected chi connectivity index (χ2v) is 4.74. The lowest BCUT2D eigenvalue weighted by Crippen LogP contribution is -2.38. The molecule has 1 saturated heterocycles. The topological polar surface area (TPSA) is 55.6 Å². The number of nitrogens with two attached hydrogens (primary N) is 1. The van der Waals surface area contributed by atoms with Crippen molar-refractivity contribution < 1.29 is 9.53 Å². The zero-order valence-electron chi connectivity index (χ0n) is 10.7. The van der Waals surface area contributed by atoms with Crippen molar-refractivity contribution in [2.24, 2.45) is 5.73 Å². The number of carbonyl (C=O) groups is 1. The van der Waals surface area contributed by atoms with Crippen LogP contribution in [0.3, 0.4) is 0 Å². The van der Waals surface area contributed by atoms with E-state index in [2.05, 4.69) is 0 Å². The molecule has 2 unspecified atom stereocenters. The van der Waals surface area contributed by atoms with Gasteiger partial charge in [-0.25, -0.2) is 0 Å². The predicted molar refractivity (Wildman–Crippen MR) is 70.0 cm³/mol. The zero-order valence-corrected chi connectivity index (χ0v) is 10.7. The maximum absolute atomic E-state index is 12.1. The van der Waals surface area contributed by atoms with Crippen molar-refractivity contribution in [1.29, 1.82) is 0 Å². The fourth-order valence-corrected chi connectivity index (χ4v) is 2.18. The van der Waals surface area contributed by atoms with Crippen molar-refractivity contribution in [2.75, 3.05) is 20.3 Å². The number of nitrogens with zero attached hydrogens (tertiary/aromatic N) is 1. The quantitative estimate of drug-likeness (QED) is 0.874. The van der Waals surface area contributed by atoms with Gasteiger partial charge in [-0.05, 0) is 12.0 Å². The molecule has 0 aromatic heterocycles. The molecule has 1 fully saturated rings. The summed E-state index contributed by atoms with van der Waals surface area (Å²) in [4.78, 5) is 13.9. The minimum Gasteiger partial charge on any atom is -0.379 e. The average molecular weight is 248 g/mol. The predicted octanol–water partition coefficient (Wildman–Crippen LogP) is 1.32. The van der Waals surface area contributed by atoms with Gasteiger partial charge in [-0.2, -0.15) is 0 Å². The fraction of sp³-hybridized carbons (Fsp3) is 0.500. The van der Waals surface area contributed by atoms with Crippen molar-refractivity contribution in [1.82, 2.24) is 4.90 Å². The highest BCUT2D eigenvalue weighted by molar-refractivity contribution is 5.77. The lowest BCUT2D eigenvalue weighted by atomic mass is 10.0. The number of hydrogen-bond donors (Lipinski definition) is 1. The van der Waals surface area contributed by atoms with Crippen LogP contribution in [-0.4, -0.2) is 37.1 Å². The van der Waals surface area contributed by atoms with Crippen LogP contribution in [-0.2, 0) is 9.53 Å². The van der Waals surface area contributed by atoms with E-state index in [1.807, 2.05) is 37.4 Å². The van der Waals surface area contributed by atoms with Crippen LogP contribution >= 0.6 is 0 Å². The normalized spacial score (nSPS) is 20.7. The van der Waals surface area contributed by atoms with Crippen LogP contribution < -0.4 is 5.73 Å². The summed E-state index contributed by atoms with van der Waals surface area (Å²) in [7, 11) is 1.83. The van der Waals surface area contributed by atoms with Gasteiger partial charge in [0, 0.05) is 26.1 Å². The minimum atomic E-state index is -0.233. The number of rotatable bonds is 4. The summed E-state index contributed by atoms with van der Waals surface area (Å²) in [6, 6.07) is 9.71. The lowest BCUT2D eigenvalue weighted by molar-refractivity contribution is -0.132. The van der Waals surface area contributed by atoms with Gasteiger partial charge in [0.05, 0.1) is 12.6 Å². The summed E-state index contributed by atoms with van der Waals surface area (Å²) in [5.74, 6) is 0.0850. The van der Waals surface area contributed by atoms with E-state index in [1.54, 1.807) is 4.90 Å². The van der Waals surface area contributed by atoms with Crippen LogP contribution in [0.5, 0.6) is 0 Å². The van der Waals surface area contributed by atoms with E-state index in [0.29, 0.717) is 13.0 Å². The van der Waals surface area contributed by atoms with Crippen molar-refractivity contribution >= 4 is 5.91 Å². The van der Waals surface area contributed by atoms with Crippen LogP contribution in [0.25, 0.3) is 0 Å². The molecule has 98 valence electrons. The first-order valence-electron chi connectivity index (χ1n) is 6.32. The van der Waals surface area contributed by atoms with Gasteiger partial charge in [-0.1, -0.05) is 30.3 Å². The first kappa shape index (κ1) is 13.1. The lowest BCUT2D eigenvalue weighted by Gasteiger charge is -2.24. The number of amides is 1. The molecule has 2 rings (SSSR count). The van der Waals surface area contributed by atoms with Crippen molar-refractivity contribution in [3.05, 3.63) is 35.9 Å². The van der Waals surface area contributed by atoms with Crippen LogP contribution in [0.1, 0.15) is 24.4 Å². The Morgan fingerprint density at radius 1 is 1.50 bits per heavy atom. The Kier molecular flexibility index (Phi) is 4.33. The largest absolute Gasteiger partial charge is 0.379 e. The number of benzene rings is 1. The Morgan fingerprint density at radius 2 is 2.22 bits per heavy atom. The van der Waals surface area contributed by atoms with Crippen LogP contribution in [0.15, 0.2) is 30.3 Å². The molecule has 1 aromatic rings. The van der Waals surface area contributed by atoms with Gasteiger partial charge in [-0.15, -0.1) is 0 Å². The Hall–Kier alpha value is -1.39. The molecule has 0 saturated carbocycles. The highest BCUT2D eigenvalue weighted by Gasteiger charge is 2.25. The van der Waals surface area contributed by atoms with Crippen molar-refractivity contribution in [3.8, 4) is 0 Å². The average Bonchev–Trinajstić information content (AvgIpc) is 2.92. The Balaban J connectivity index is 1.90. The van der Waals surface area contributed by atoms with Crippen LogP contribution in [0, 0.1) is 0 Å². The third-order valence-corrected chi connectivity index (χ3v) is 3.47. The van der Waals surface area contributed by atoms with Crippen LogP contribution in [0.2, 0.25) is 0 Å². The van der Waals surface area contributed by atoms with Gasteiger partial charge in [0.15, 0.2) is 0 Å². The molecule has 0 spiro atoms. The molecule has 1 heterocycles. The zero-order chi connectivity index (χ0) is 13.0. The van der Waals surface area contributed by atoms with E-state index in [1.165, 1.54) is 0 Å². The summed E-state index contributed by atoms with van der Waals surface area (Å²) >= 11 is 0. The first-order chi connectivity index (χ1) is 8.68. The van der Waals surface area contributed by atoms with E-state index in [4.69, 9.17) is 10.5 Å². The molecular formula is C14H20N2O2. The molecule has 18 heavy (non-hydrogen) atoms. The maximum Gasteiger partial charge on any atom is 0.224 e. The van der Waals surface area contributed by atoms with Gasteiger partial charge in [0.25, 0.3) is 0 Å². The summed E-state index contributed by atoms with van der Waals surface area (Å²) in [5, 5.41) is 0. The summed E-state index contributed by atoms with van der Waals surface area (Å²) in [6.45, 7) is 1.38. The molecule has 1 aliphatic rings. The monoisotopic (exact) mass is 248 g/mol. The van der Waals surface area contributed by atoms with Crippen LogP contribution in [0.4, 0.5) is 0 Å². The molecule has 0 radical (unpaired) electrons. The highest BCUT2D eigenvalue weighted by atomic mass is 16.5. The Bertz CT molecular complexity index is 388. The van der Waals surface area contributed by atoms with E-state index in [-0.39, 0.29) is 18.0 Å². The summed E-state index contributed by atoms with van der Waals surface area (Å²) in [5.41, 5.74) is 7.06. The first-order valence-corrected chi connectivity index (χ1v) is 6.32. The molecule has 0 bridgehead atoms. The van der Waals surface area contributed by atoms with Gasteiger partial charge in [0.2, 0.25) is 5.91 Å². The molecule has 1 aliphatic heterocycles. The standard InChI is InChI=1S/C14H20N2O2/c1-16(12-7-8-18-10-12)14(17)9-13(15)11-5-3-2-4-6-11/h2-6,12-13H,7-10,15H2,1H3. The molecule has 1 aromatic carbocycles. The minimum absolute atomic E-state index is 0.0850. The summed E-state index contributed by atoms with van der Waals surface area (Å²) < 4.78 is 5.29. The third kappa shape index (κ3) is 3.09. The smallest absolute Gasteiger partial charge is 0.224 e. The fourth-order valence-electron chi connectivity index (χ4n) is 2.18. The number of hydrogen-bond acceptors (Lipinski definition) is 3. The van der Waals surface area contributed by atoms with Gasteiger partial charge < -0.3 is 15.4 Å². The number of likely N-dealkylation sites (N-methyl/N-ethyl adjacent to an activating group) is 1. The number of carbonyl (C=O) groups excluding carboxylic acids is 1. The summed E-state index contributed by atoms with van der Waals surface area (Å²) in [6.07, 6.45) is 1.26. The van der Waals surface area contributed by atoms with Gasteiger partial charge in [-0.3, -0.25) is 4.79 Å². The van der Waals surface area contributed by atoms with Crippen molar-refractivity contribution in [2.45, 2.75) is 24.9 Å². The second-order valence-electron chi connectivity index (χ2n) is 4.74. The molecule has 1 amide bonds.